The van der Waals surface area contributed by atoms with Gasteiger partial charge in [-0.1, -0.05) is 0 Å². The second-order valence-corrected chi connectivity index (χ2v) is 7.33. The number of nitrogens with zero attached hydrogens (tertiary/aromatic N) is 4. The van der Waals surface area contributed by atoms with E-state index in [-0.39, 0.29) is 17.5 Å². The molecule has 1 N–H and O–H groups in total. The summed E-state index contributed by atoms with van der Waals surface area (Å²) in [6.45, 7) is 1.17. The van der Waals surface area contributed by atoms with Crippen LogP contribution in [0, 0.1) is 0 Å². The molecule has 0 radical (unpaired) electrons. The van der Waals surface area contributed by atoms with Crippen molar-refractivity contribution in [3.8, 4) is 0 Å². The monoisotopic (exact) mass is 345 g/mol. The van der Waals surface area contributed by atoms with Crippen molar-refractivity contribution in [2.75, 3.05) is 12.3 Å². The number of aromatic nitrogens is 4. The van der Waals surface area contributed by atoms with Crippen molar-refractivity contribution < 1.29 is 4.79 Å². The molecule has 2 aliphatic heterocycles. The lowest BCUT2D eigenvalue weighted by atomic mass is 10.2. The van der Waals surface area contributed by atoms with Crippen LogP contribution in [0.3, 0.4) is 0 Å². The van der Waals surface area contributed by atoms with Gasteiger partial charge < -0.3 is 4.90 Å². The van der Waals surface area contributed by atoms with Crippen LogP contribution in [-0.4, -0.2) is 49.1 Å². The smallest absolute Gasteiger partial charge is 0.267 e. The van der Waals surface area contributed by atoms with Crippen molar-refractivity contribution >= 4 is 17.7 Å². The number of amides is 1. The zero-order valence-corrected chi connectivity index (χ0v) is 14.1. The Morgan fingerprint density at radius 3 is 3.21 bits per heavy atom. The van der Waals surface area contributed by atoms with Gasteiger partial charge in [-0.3, -0.25) is 14.7 Å². The first-order chi connectivity index (χ1) is 11.7. The number of likely N-dealkylation sites (tertiary alicyclic amines) is 1. The Kier molecular flexibility index (Phi) is 4.13. The molecule has 1 amide bonds. The van der Waals surface area contributed by atoms with Crippen molar-refractivity contribution in [3.05, 3.63) is 45.6 Å². The first-order valence-electron chi connectivity index (χ1n) is 8.20. The van der Waals surface area contributed by atoms with Gasteiger partial charge in [0.05, 0.1) is 30.0 Å². The minimum atomic E-state index is -0.0705. The second kappa shape index (κ2) is 6.43. The van der Waals surface area contributed by atoms with Crippen molar-refractivity contribution in [1.82, 2.24) is 24.9 Å². The molecule has 8 heteroatoms. The summed E-state index contributed by atoms with van der Waals surface area (Å²) in [4.78, 5) is 26.8. The van der Waals surface area contributed by atoms with E-state index in [1.807, 2.05) is 16.7 Å². The average molecular weight is 345 g/mol. The van der Waals surface area contributed by atoms with Crippen LogP contribution in [0.5, 0.6) is 0 Å². The third-order valence-electron chi connectivity index (χ3n) is 4.67. The standard InChI is InChI=1S/C16H19N5O2S/c22-15-6-11-10-24-5-3-14(11)19-21(15)9-13-2-1-4-20(13)16(23)12-7-17-18-8-12/h6-8,13H,1-5,9-10H2,(H,17,18). The summed E-state index contributed by atoms with van der Waals surface area (Å²) >= 11 is 1.84. The molecule has 0 aliphatic carbocycles. The van der Waals surface area contributed by atoms with Crippen LogP contribution in [0.15, 0.2) is 23.3 Å². The molecule has 126 valence electrons. The highest BCUT2D eigenvalue weighted by Crippen LogP contribution is 2.23. The van der Waals surface area contributed by atoms with Crippen molar-refractivity contribution in [1.29, 1.82) is 0 Å². The summed E-state index contributed by atoms with van der Waals surface area (Å²) in [5.41, 5.74) is 2.58. The molecular weight excluding hydrogens is 326 g/mol. The van der Waals surface area contributed by atoms with Gasteiger partial charge in [-0.2, -0.15) is 22.0 Å². The van der Waals surface area contributed by atoms with Crippen LogP contribution < -0.4 is 5.56 Å². The summed E-state index contributed by atoms with van der Waals surface area (Å²) in [6, 6.07) is 1.72. The van der Waals surface area contributed by atoms with E-state index in [4.69, 9.17) is 0 Å². The number of aryl methyl sites for hydroxylation is 1. The average Bonchev–Trinajstić information content (AvgIpc) is 3.26. The maximum Gasteiger partial charge on any atom is 0.267 e. The van der Waals surface area contributed by atoms with Gasteiger partial charge in [-0.25, -0.2) is 4.68 Å². The van der Waals surface area contributed by atoms with E-state index in [1.165, 1.54) is 0 Å². The predicted octanol–water partition coefficient (Wildman–Crippen LogP) is 1.06. The van der Waals surface area contributed by atoms with Gasteiger partial charge in [-0.15, -0.1) is 0 Å². The minimum absolute atomic E-state index is 0.00798. The molecule has 1 atom stereocenters. The Hall–Kier alpha value is -2.09. The molecule has 1 fully saturated rings. The van der Waals surface area contributed by atoms with Crippen molar-refractivity contribution in [2.45, 2.75) is 37.6 Å². The van der Waals surface area contributed by atoms with Crippen LogP contribution in [0.1, 0.15) is 34.5 Å². The van der Waals surface area contributed by atoms with E-state index >= 15 is 0 Å². The third kappa shape index (κ3) is 2.86. The highest BCUT2D eigenvalue weighted by Gasteiger charge is 2.30. The molecule has 0 bridgehead atoms. The Morgan fingerprint density at radius 1 is 1.46 bits per heavy atom. The number of fused-ring (bicyclic) bond motifs is 1. The SMILES string of the molecule is O=C(c1cn[nH]c1)N1CCCC1Cn1nc2c(cc1=O)CSCC2. The van der Waals surface area contributed by atoms with Gasteiger partial charge in [0.2, 0.25) is 0 Å². The molecule has 4 heterocycles. The predicted molar refractivity (Wildman–Crippen MR) is 91.0 cm³/mol. The Morgan fingerprint density at radius 2 is 2.38 bits per heavy atom. The molecular formula is C16H19N5O2S. The van der Waals surface area contributed by atoms with Gasteiger partial charge in [0.25, 0.3) is 11.5 Å². The summed E-state index contributed by atoms with van der Waals surface area (Å²) in [7, 11) is 0. The Labute approximate surface area is 143 Å². The summed E-state index contributed by atoms with van der Waals surface area (Å²) < 4.78 is 1.54. The number of H-pyrrole nitrogens is 1. The number of carbonyl (C=O) groups is 1. The molecule has 0 spiro atoms. The molecule has 24 heavy (non-hydrogen) atoms. The molecule has 0 aromatic carbocycles. The van der Waals surface area contributed by atoms with E-state index in [1.54, 1.807) is 23.1 Å². The number of hydrogen-bond acceptors (Lipinski definition) is 5. The fraction of sp³-hybridized carbons (Fsp3) is 0.500. The van der Waals surface area contributed by atoms with Gasteiger partial charge in [0.1, 0.15) is 0 Å². The number of carbonyl (C=O) groups excluding carboxylic acids is 1. The lowest BCUT2D eigenvalue weighted by Crippen LogP contribution is -2.41. The highest BCUT2D eigenvalue weighted by atomic mass is 32.2. The van der Waals surface area contributed by atoms with Gasteiger partial charge in [-0.05, 0) is 24.2 Å². The zero-order chi connectivity index (χ0) is 16.5. The van der Waals surface area contributed by atoms with Crippen molar-refractivity contribution in [2.24, 2.45) is 0 Å². The van der Waals surface area contributed by atoms with E-state index in [2.05, 4.69) is 15.3 Å². The second-order valence-electron chi connectivity index (χ2n) is 6.22. The number of hydrogen-bond donors (Lipinski definition) is 1. The van der Waals surface area contributed by atoms with E-state index in [9.17, 15) is 9.59 Å². The summed E-state index contributed by atoms with van der Waals surface area (Å²) in [6.07, 6.45) is 5.90. The maximum absolute atomic E-state index is 12.6. The topological polar surface area (TPSA) is 83.9 Å². The first kappa shape index (κ1) is 15.4. The number of aromatic amines is 1. The third-order valence-corrected chi connectivity index (χ3v) is 5.68. The van der Waals surface area contributed by atoms with Crippen LogP contribution in [0.4, 0.5) is 0 Å². The molecule has 2 aromatic heterocycles. The number of thioether (sulfide) groups is 1. The molecule has 4 rings (SSSR count). The van der Waals surface area contributed by atoms with E-state index in [0.717, 1.165) is 42.0 Å². The largest absolute Gasteiger partial charge is 0.334 e. The fourth-order valence-electron chi connectivity index (χ4n) is 3.41. The maximum atomic E-state index is 12.6. The first-order valence-corrected chi connectivity index (χ1v) is 9.35. The number of rotatable bonds is 3. The van der Waals surface area contributed by atoms with Crippen LogP contribution in [0.2, 0.25) is 0 Å². The molecule has 1 unspecified atom stereocenters. The highest BCUT2D eigenvalue weighted by molar-refractivity contribution is 7.98. The molecule has 7 nitrogen and oxygen atoms in total. The summed E-state index contributed by atoms with van der Waals surface area (Å²) in [5.74, 6) is 1.88. The lowest BCUT2D eigenvalue weighted by molar-refractivity contribution is 0.0720. The quantitative estimate of drug-likeness (QED) is 0.899. The minimum Gasteiger partial charge on any atom is -0.334 e. The van der Waals surface area contributed by atoms with Crippen molar-refractivity contribution in [3.63, 3.8) is 0 Å². The zero-order valence-electron chi connectivity index (χ0n) is 13.3. The van der Waals surface area contributed by atoms with E-state index in [0.29, 0.717) is 18.7 Å². The van der Waals surface area contributed by atoms with Gasteiger partial charge in [0.15, 0.2) is 0 Å². The number of nitrogens with one attached hydrogen (secondary N) is 1. The fourth-order valence-corrected chi connectivity index (χ4v) is 4.36. The normalized spacial score (nSPS) is 20.2. The Bertz CT molecular complexity index is 801. The lowest BCUT2D eigenvalue weighted by Gasteiger charge is -2.25. The summed E-state index contributed by atoms with van der Waals surface area (Å²) in [5, 5.41) is 11.1. The van der Waals surface area contributed by atoms with Gasteiger partial charge in [0, 0.05) is 31.0 Å². The molecule has 1 saturated heterocycles. The Balaban J connectivity index is 1.56. The van der Waals surface area contributed by atoms with Crippen LogP contribution in [0.25, 0.3) is 0 Å². The van der Waals surface area contributed by atoms with Crippen LogP contribution >= 0.6 is 11.8 Å². The molecule has 0 saturated carbocycles. The van der Waals surface area contributed by atoms with Gasteiger partial charge >= 0.3 is 0 Å². The molecule has 2 aliphatic rings. The molecule has 2 aromatic rings. The van der Waals surface area contributed by atoms with Crippen LogP contribution in [-0.2, 0) is 18.7 Å². The van der Waals surface area contributed by atoms with E-state index < -0.39 is 0 Å².